The number of benzene rings is 1. The maximum Gasteiger partial charge on any atom is 0.419 e. The normalized spacial score (nSPS) is 19.7. The zero-order chi connectivity index (χ0) is 18.7. The summed E-state index contributed by atoms with van der Waals surface area (Å²) in [6, 6.07) is 4.19. The van der Waals surface area contributed by atoms with Crippen molar-refractivity contribution in [3.05, 3.63) is 38.9 Å². The Hall–Kier alpha value is -2.68. The highest BCUT2D eigenvalue weighted by Gasteiger charge is 2.27. The number of nitro groups is 1. The van der Waals surface area contributed by atoms with Gasteiger partial charge in [-0.15, -0.1) is 0 Å². The number of nitro benzene ring substituents is 1. The fourth-order valence-corrected chi connectivity index (χ4v) is 3.57. The van der Waals surface area contributed by atoms with Gasteiger partial charge < -0.3 is 15.5 Å². The summed E-state index contributed by atoms with van der Waals surface area (Å²) in [6.07, 6.45) is 3.84. The van der Waals surface area contributed by atoms with Crippen LogP contribution in [-0.4, -0.2) is 28.0 Å². The van der Waals surface area contributed by atoms with Gasteiger partial charge in [0.2, 0.25) is 5.91 Å². The number of nitrogens with zero attached hydrogens (tertiary/aromatic N) is 2. The molecule has 2 unspecified atom stereocenters. The van der Waals surface area contributed by atoms with E-state index < -0.39 is 10.7 Å². The number of rotatable bonds is 7. The first-order valence-electron chi connectivity index (χ1n) is 8.77. The maximum absolute atomic E-state index is 12.1. The minimum absolute atomic E-state index is 0.0492. The van der Waals surface area contributed by atoms with E-state index in [0.717, 1.165) is 19.3 Å². The van der Waals surface area contributed by atoms with Crippen molar-refractivity contribution in [2.24, 2.45) is 11.7 Å². The molecule has 1 aromatic carbocycles. The molecule has 0 bridgehead atoms. The summed E-state index contributed by atoms with van der Waals surface area (Å²) in [5.74, 6) is -0.290. The Bertz CT molecular complexity index is 872. The SMILES string of the molecule is NCC1CCCC1NC(=O)CCCn1c(=O)oc2cc([N+](=O)[O-])ccc21. The molecule has 1 aliphatic rings. The van der Waals surface area contributed by atoms with E-state index in [1.54, 1.807) is 0 Å². The van der Waals surface area contributed by atoms with Gasteiger partial charge in [0, 0.05) is 25.1 Å². The number of carbonyl (C=O) groups is 1. The molecule has 1 fully saturated rings. The Balaban J connectivity index is 1.59. The molecule has 0 spiro atoms. The molecule has 3 N–H and O–H groups in total. The largest absolute Gasteiger partial charge is 0.419 e. The number of carbonyl (C=O) groups excluding carboxylic acids is 1. The van der Waals surface area contributed by atoms with Gasteiger partial charge in [-0.25, -0.2) is 4.79 Å². The topological polar surface area (TPSA) is 133 Å². The second-order valence-corrected chi connectivity index (χ2v) is 6.63. The van der Waals surface area contributed by atoms with E-state index in [-0.39, 0.29) is 23.2 Å². The van der Waals surface area contributed by atoms with Crippen LogP contribution in [0.1, 0.15) is 32.1 Å². The van der Waals surface area contributed by atoms with Gasteiger partial charge in [-0.1, -0.05) is 6.42 Å². The van der Waals surface area contributed by atoms with Crippen LogP contribution in [0.25, 0.3) is 11.1 Å². The van der Waals surface area contributed by atoms with Crippen molar-refractivity contribution in [2.45, 2.75) is 44.7 Å². The van der Waals surface area contributed by atoms with Gasteiger partial charge in [0.05, 0.1) is 16.5 Å². The minimum atomic E-state index is -0.583. The lowest BCUT2D eigenvalue weighted by atomic mass is 10.0. The fraction of sp³-hybridized carbons (Fsp3) is 0.529. The van der Waals surface area contributed by atoms with Crippen molar-refractivity contribution in [3.63, 3.8) is 0 Å². The van der Waals surface area contributed by atoms with Crippen LogP contribution in [0.3, 0.4) is 0 Å². The molecule has 2 atom stereocenters. The summed E-state index contributed by atoms with van der Waals surface area (Å²) in [7, 11) is 0. The van der Waals surface area contributed by atoms with Crippen molar-refractivity contribution in [2.75, 3.05) is 6.54 Å². The number of nitrogens with one attached hydrogen (secondary N) is 1. The average molecular weight is 362 g/mol. The molecule has 0 radical (unpaired) electrons. The van der Waals surface area contributed by atoms with E-state index in [0.29, 0.717) is 37.4 Å². The molecule has 9 heteroatoms. The summed E-state index contributed by atoms with van der Waals surface area (Å²) in [4.78, 5) is 34.3. The minimum Gasteiger partial charge on any atom is -0.407 e. The molecular weight excluding hydrogens is 340 g/mol. The quantitative estimate of drug-likeness (QED) is 0.567. The average Bonchev–Trinajstić information content (AvgIpc) is 3.18. The predicted octanol–water partition coefficient (Wildman–Crippen LogP) is 1.53. The van der Waals surface area contributed by atoms with Gasteiger partial charge in [0.25, 0.3) is 5.69 Å². The lowest BCUT2D eigenvalue weighted by Gasteiger charge is -2.19. The zero-order valence-corrected chi connectivity index (χ0v) is 14.3. The highest BCUT2D eigenvalue weighted by Crippen LogP contribution is 2.24. The van der Waals surface area contributed by atoms with Crippen LogP contribution in [0, 0.1) is 16.0 Å². The summed E-state index contributed by atoms with van der Waals surface area (Å²) < 4.78 is 6.47. The summed E-state index contributed by atoms with van der Waals surface area (Å²) in [6.45, 7) is 0.884. The van der Waals surface area contributed by atoms with Crippen molar-refractivity contribution in [1.82, 2.24) is 9.88 Å². The third-order valence-corrected chi connectivity index (χ3v) is 4.96. The molecule has 1 amide bonds. The molecule has 26 heavy (non-hydrogen) atoms. The number of amides is 1. The van der Waals surface area contributed by atoms with Crippen LogP contribution in [0.4, 0.5) is 5.69 Å². The second kappa shape index (κ2) is 7.69. The molecule has 1 saturated carbocycles. The first kappa shape index (κ1) is 18.1. The Morgan fingerprint density at radius 2 is 2.23 bits per heavy atom. The van der Waals surface area contributed by atoms with E-state index in [4.69, 9.17) is 10.2 Å². The Morgan fingerprint density at radius 3 is 2.96 bits per heavy atom. The van der Waals surface area contributed by atoms with E-state index in [2.05, 4.69) is 5.32 Å². The van der Waals surface area contributed by atoms with Gasteiger partial charge in [-0.3, -0.25) is 19.5 Å². The van der Waals surface area contributed by atoms with E-state index >= 15 is 0 Å². The number of aryl methyl sites for hydroxylation is 1. The number of nitrogens with two attached hydrogens (primary N) is 1. The molecule has 1 aromatic heterocycles. The van der Waals surface area contributed by atoms with Gasteiger partial charge >= 0.3 is 5.76 Å². The van der Waals surface area contributed by atoms with Crippen molar-refractivity contribution < 1.29 is 14.1 Å². The van der Waals surface area contributed by atoms with Gasteiger partial charge in [0.1, 0.15) is 0 Å². The van der Waals surface area contributed by atoms with Crippen LogP contribution in [0.5, 0.6) is 0 Å². The molecule has 0 aliphatic heterocycles. The lowest BCUT2D eigenvalue weighted by Crippen LogP contribution is -2.39. The van der Waals surface area contributed by atoms with E-state index in [9.17, 15) is 19.7 Å². The van der Waals surface area contributed by atoms with E-state index in [1.165, 1.54) is 22.8 Å². The number of non-ortho nitro benzene ring substituents is 1. The number of aromatic nitrogens is 1. The molecule has 1 aliphatic carbocycles. The monoisotopic (exact) mass is 362 g/mol. The molecule has 0 saturated heterocycles. The van der Waals surface area contributed by atoms with Gasteiger partial charge in [-0.05, 0) is 37.8 Å². The molecule has 140 valence electrons. The number of hydrogen-bond donors (Lipinski definition) is 2. The number of hydrogen-bond acceptors (Lipinski definition) is 6. The standard InChI is InChI=1S/C17H22N4O5/c18-10-11-3-1-4-13(11)19-16(22)5-2-8-20-14-7-6-12(21(24)25)9-15(14)26-17(20)23/h6-7,9,11,13H,1-5,8,10,18H2,(H,19,22). The van der Waals surface area contributed by atoms with Crippen LogP contribution >= 0.6 is 0 Å². The fourth-order valence-electron chi connectivity index (χ4n) is 3.57. The van der Waals surface area contributed by atoms with Crippen molar-refractivity contribution in [3.8, 4) is 0 Å². The second-order valence-electron chi connectivity index (χ2n) is 6.63. The molecule has 9 nitrogen and oxygen atoms in total. The summed E-state index contributed by atoms with van der Waals surface area (Å²) in [5.41, 5.74) is 6.24. The highest BCUT2D eigenvalue weighted by atomic mass is 16.6. The smallest absolute Gasteiger partial charge is 0.407 e. The predicted molar refractivity (Wildman–Crippen MR) is 94.7 cm³/mol. The van der Waals surface area contributed by atoms with Crippen LogP contribution in [-0.2, 0) is 11.3 Å². The third kappa shape index (κ3) is 3.77. The van der Waals surface area contributed by atoms with Crippen molar-refractivity contribution >= 4 is 22.7 Å². The lowest BCUT2D eigenvalue weighted by molar-refractivity contribution is -0.384. The Morgan fingerprint density at radius 1 is 1.42 bits per heavy atom. The van der Waals surface area contributed by atoms with Crippen molar-refractivity contribution in [1.29, 1.82) is 0 Å². The Kier molecular flexibility index (Phi) is 5.36. The van der Waals surface area contributed by atoms with Crippen LogP contribution < -0.4 is 16.8 Å². The first-order chi connectivity index (χ1) is 12.5. The molecular formula is C17H22N4O5. The molecule has 3 rings (SSSR count). The van der Waals surface area contributed by atoms with Gasteiger partial charge in [0.15, 0.2) is 5.58 Å². The summed E-state index contributed by atoms with van der Waals surface area (Å²) in [5, 5.41) is 13.8. The number of fused-ring (bicyclic) bond motifs is 1. The third-order valence-electron chi connectivity index (χ3n) is 4.96. The Labute approximate surface area is 149 Å². The highest BCUT2D eigenvalue weighted by molar-refractivity contribution is 5.77. The van der Waals surface area contributed by atoms with Crippen LogP contribution in [0.2, 0.25) is 0 Å². The number of oxazole rings is 1. The molecule has 2 aromatic rings. The van der Waals surface area contributed by atoms with Gasteiger partial charge in [-0.2, -0.15) is 0 Å². The van der Waals surface area contributed by atoms with Crippen LogP contribution in [0.15, 0.2) is 27.4 Å². The van der Waals surface area contributed by atoms with E-state index in [1.807, 2.05) is 0 Å². The first-order valence-corrected chi connectivity index (χ1v) is 8.77. The zero-order valence-electron chi connectivity index (χ0n) is 14.3. The summed E-state index contributed by atoms with van der Waals surface area (Å²) >= 11 is 0. The molecule has 1 heterocycles. The maximum atomic E-state index is 12.1.